The zero-order valence-corrected chi connectivity index (χ0v) is 21.2. The minimum atomic E-state index is -0.577. The molecule has 1 aromatic carbocycles. The number of anilines is 3. The number of nitrogen functional groups attached to an aromatic ring is 1. The van der Waals surface area contributed by atoms with Gasteiger partial charge in [-0.2, -0.15) is 0 Å². The molecule has 36 heavy (non-hydrogen) atoms. The fourth-order valence-corrected chi connectivity index (χ4v) is 4.06. The minimum Gasteiger partial charge on any atom is -0.378 e. The van der Waals surface area contributed by atoms with Crippen molar-refractivity contribution in [2.75, 3.05) is 29.5 Å². The Morgan fingerprint density at radius 1 is 1.06 bits per heavy atom. The number of pyridine rings is 1. The molecule has 0 saturated heterocycles. The molecular formula is C23H23Cl2N9O2. The van der Waals surface area contributed by atoms with Crippen molar-refractivity contribution < 1.29 is 4.92 Å². The molecule has 13 heteroatoms. The number of nitro groups is 1. The van der Waals surface area contributed by atoms with Crippen LogP contribution in [-0.2, 0) is 7.05 Å². The summed E-state index contributed by atoms with van der Waals surface area (Å²) in [5, 5.41) is 18.1. The van der Waals surface area contributed by atoms with Gasteiger partial charge in [-0.15, -0.1) is 0 Å². The van der Waals surface area contributed by atoms with E-state index in [-0.39, 0.29) is 11.5 Å². The number of benzene rings is 1. The Hall–Kier alpha value is -3.96. The van der Waals surface area contributed by atoms with Crippen LogP contribution in [0.3, 0.4) is 0 Å². The van der Waals surface area contributed by atoms with E-state index < -0.39 is 4.92 Å². The summed E-state index contributed by atoms with van der Waals surface area (Å²) in [5.41, 5.74) is 9.39. The number of hydrogen-bond acceptors (Lipinski definition) is 9. The van der Waals surface area contributed by atoms with E-state index >= 15 is 0 Å². The van der Waals surface area contributed by atoms with E-state index in [1.165, 1.54) is 12.1 Å². The van der Waals surface area contributed by atoms with Gasteiger partial charge in [0.2, 0.25) is 11.8 Å². The van der Waals surface area contributed by atoms with Gasteiger partial charge in [0.05, 0.1) is 26.9 Å². The number of aromatic nitrogens is 5. The van der Waals surface area contributed by atoms with Gasteiger partial charge < -0.3 is 20.9 Å². The van der Waals surface area contributed by atoms with Crippen LogP contribution in [0, 0.1) is 24.0 Å². The number of aryl methyl sites for hydroxylation is 1. The van der Waals surface area contributed by atoms with E-state index in [1.807, 2.05) is 31.5 Å². The van der Waals surface area contributed by atoms with Crippen molar-refractivity contribution in [3.8, 4) is 22.6 Å². The molecule has 0 spiro atoms. The molecule has 0 aliphatic rings. The van der Waals surface area contributed by atoms with E-state index in [4.69, 9.17) is 38.9 Å². The first kappa shape index (κ1) is 25.1. The number of imidazole rings is 1. The molecule has 186 valence electrons. The molecule has 0 aliphatic carbocycles. The molecule has 0 bridgehead atoms. The normalized spacial score (nSPS) is 10.9. The standard InChI is InChI=1S/C23H23Cl2N9O2/c1-12-13(2)33(3)22(30-12)16-11-29-23(32-20(16)15-5-4-14(24)10-17(15)25)28-9-8-27-19-7-6-18(34(35)36)21(26)31-19/h4-7,10-11H,8-9H2,1-3H3,(H3,26,27,31)(H,28,29,32). The molecule has 3 heterocycles. The van der Waals surface area contributed by atoms with Gasteiger partial charge in [-0.05, 0) is 38.1 Å². The molecule has 0 radical (unpaired) electrons. The van der Waals surface area contributed by atoms with Crippen molar-refractivity contribution in [2.24, 2.45) is 7.05 Å². The summed E-state index contributed by atoms with van der Waals surface area (Å²) in [7, 11) is 1.94. The number of nitrogens with one attached hydrogen (secondary N) is 2. The minimum absolute atomic E-state index is 0.152. The summed E-state index contributed by atoms with van der Waals surface area (Å²) in [6.45, 7) is 4.82. The molecule has 0 amide bonds. The molecule has 0 aliphatic heterocycles. The number of hydrogen-bond donors (Lipinski definition) is 3. The smallest absolute Gasteiger partial charge is 0.311 e. The number of nitrogens with two attached hydrogens (primary N) is 1. The Kier molecular flexibility index (Phi) is 7.22. The van der Waals surface area contributed by atoms with Crippen LogP contribution in [0.15, 0.2) is 36.5 Å². The highest BCUT2D eigenvalue weighted by Crippen LogP contribution is 2.36. The van der Waals surface area contributed by atoms with Crippen molar-refractivity contribution >= 4 is 46.5 Å². The highest BCUT2D eigenvalue weighted by atomic mass is 35.5. The van der Waals surface area contributed by atoms with Crippen LogP contribution in [0.4, 0.5) is 23.3 Å². The molecule has 0 unspecified atom stereocenters. The first-order chi connectivity index (χ1) is 17.2. The van der Waals surface area contributed by atoms with E-state index in [0.29, 0.717) is 46.2 Å². The van der Waals surface area contributed by atoms with Gasteiger partial charge in [0.25, 0.3) is 0 Å². The Balaban J connectivity index is 1.57. The maximum atomic E-state index is 10.9. The summed E-state index contributed by atoms with van der Waals surface area (Å²) < 4.78 is 1.99. The van der Waals surface area contributed by atoms with E-state index in [0.717, 1.165) is 22.8 Å². The summed E-state index contributed by atoms with van der Waals surface area (Å²) in [4.78, 5) is 28.2. The lowest BCUT2D eigenvalue weighted by Crippen LogP contribution is -2.16. The SMILES string of the molecule is Cc1nc(-c2cnc(NCCNc3ccc([N+](=O)[O-])c(N)n3)nc2-c2ccc(Cl)cc2Cl)n(C)c1C. The van der Waals surface area contributed by atoms with Crippen LogP contribution >= 0.6 is 23.2 Å². The number of nitrogens with zero attached hydrogens (tertiary/aromatic N) is 6. The van der Waals surface area contributed by atoms with E-state index in [9.17, 15) is 10.1 Å². The largest absolute Gasteiger partial charge is 0.378 e. The third-order valence-electron chi connectivity index (χ3n) is 5.65. The van der Waals surface area contributed by atoms with Crippen molar-refractivity contribution in [2.45, 2.75) is 13.8 Å². The molecule has 4 rings (SSSR count). The molecule has 3 aromatic heterocycles. The predicted molar refractivity (Wildman–Crippen MR) is 141 cm³/mol. The Labute approximate surface area is 216 Å². The topological polar surface area (TPSA) is 150 Å². The van der Waals surface area contributed by atoms with Gasteiger partial charge in [-0.3, -0.25) is 10.1 Å². The zero-order chi connectivity index (χ0) is 26.0. The highest BCUT2D eigenvalue weighted by Gasteiger charge is 2.19. The van der Waals surface area contributed by atoms with Crippen LogP contribution in [0.2, 0.25) is 10.0 Å². The van der Waals surface area contributed by atoms with Crippen LogP contribution in [0.1, 0.15) is 11.4 Å². The van der Waals surface area contributed by atoms with Crippen LogP contribution in [0.25, 0.3) is 22.6 Å². The van der Waals surface area contributed by atoms with E-state index in [1.54, 1.807) is 18.3 Å². The van der Waals surface area contributed by atoms with Crippen molar-refractivity contribution in [1.29, 1.82) is 0 Å². The van der Waals surface area contributed by atoms with Gasteiger partial charge in [-0.1, -0.05) is 23.2 Å². The van der Waals surface area contributed by atoms with Gasteiger partial charge in [-0.25, -0.2) is 19.9 Å². The number of rotatable bonds is 8. The summed E-state index contributed by atoms with van der Waals surface area (Å²) >= 11 is 12.6. The number of halogens is 2. The lowest BCUT2D eigenvalue weighted by molar-refractivity contribution is -0.384. The fourth-order valence-electron chi connectivity index (χ4n) is 3.56. The maximum Gasteiger partial charge on any atom is 0.311 e. The van der Waals surface area contributed by atoms with Gasteiger partial charge >= 0.3 is 5.69 Å². The molecule has 11 nitrogen and oxygen atoms in total. The Morgan fingerprint density at radius 3 is 2.44 bits per heavy atom. The first-order valence-electron chi connectivity index (χ1n) is 10.9. The molecule has 0 fully saturated rings. The van der Waals surface area contributed by atoms with Crippen molar-refractivity contribution in [3.63, 3.8) is 0 Å². The second kappa shape index (κ2) is 10.3. The summed E-state index contributed by atoms with van der Waals surface area (Å²) in [6, 6.07) is 8.04. The average Bonchev–Trinajstić information content (AvgIpc) is 3.08. The second-order valence-electron chi connectivity index (χ2n) is 7.96. The van der Waals surface area contributed by atoms with Crippen molar-refractivity contribution in [1.82, 2.24) is 24.5 Å². The Morgan fingerprint density at radius 2 is 1.81 bits per heavy atom. The second-order valence-corrected chi connectivity index (χ2v) is 8.80. The lowest BCUT2D eigenvalue weighted by Gasteiger charge is -2.13. The van der Waals surface area contributed by atoms with Crippen LogP contribution in [-0.4, -0.2) is 42.5 Å². The Bertz CT molecular complexity index is 1460. The third kappa shape index (κ3) is 5.16. The third-order valence-corrected chi connectivity index (χ3v) is 6.20. The van der Waals surface area contributed by atoms with Crippen LogP contribution < -0.4 is 16.4 Å². The molecule has 0 atom stereocenters. The van der Waals surface area contributed by atoms with E-state index in [2.05, 4.69) is 20.6 Å². The highest BCUT2D eigenvalue weighted by molar-refractivity contribution is 6.36. The zero-order valence-electron chi connectivity index (χ0n) is 19.7. The fraction of sp³-hybridized carbons (Fsp3) is 0.217. The molecule has 0 saturated carbocycles. The maximum absolute atomic E-state index is 10.9. The predicted octanol–water partition coefficient (Wildman–Crippen LogP) is 4.88. The van der Waals surface area contributed by atoms with Gasteiger partial charge in [0.15, 0.2) is 0 Å². The monoisotopic (exact) mass is 527 g/mol. The summed E-state index contributed by atoms with van der Waals surface area (Å²) in [5.74, 6) is 1.38. The molecular weight excluding hydrogens is 505 g/mol. The first-order valence-corrected chi connectivity index (χ1v) is 11.6. The molecule has 4 aromatic rings. The van der Waals surface area contributed by atoms with Crippen LogP contribution in [0.5, 0.6) is 0 Å². The quantitative estimate of drug-likeness (QED) is 0.165. The molecule has 4 N–H and O–H groups in total. The average molecular weight is 528 g/mol. The van der Waals surface area contributed by atoms with Gasteiger partial charge in [0, 0.05) is 48.7 Å². The van der Waals surface area contributed by atoms with Gasteiger partial charge in [0.1, 0.15) is 11.6 Å². The van der Waals surface area contributed by atoms with Crippen molar-refractivity contribution in [3.05, 3.63) is 68.1 Å². The summed E-state index contributed by atoms with van der Waals surface area (Å²) in [6.07, 6.45) is 1.71. The lowest BCUT2D eigenvalue weighted by atomic mass is 10.1.